The average Bonchev–Trinajstić information content (AvgIpc) is 3.64. The first-order valence-corrected chi connectivity index (χ1v) is 18.6. The maximum atomic E-state index is 14.2. The number of hydrogen-bond donors (Lipinski definition) is 2. The van der Waals surface area contributed by atoms with Crippen molar-refractivity contribution in [3.63, 3.8) is 0 Å². The van der Waals surface area contributed by atoms with E-state index < -0.39 is 14.2 Å². The Morgan fingerprint density at radius 1 is 1.17 bits per heavy atom. The molecule has 224 valence electrons. The minimum absolute atomic E-state index is 0.0675. The Kier molecular flexibility index (Phi) is 7.31. The van der Waals surface area contributed by atoms with Gasteiger partial charge in [-0.2, -0.15) is 10.1 Å². The number of nitrogens with zero attached hydrogens (tertiary/aromatic N) is 6. The minimum Gasteiger partial charge on any atom is -0.465 e. The number of amides is 1. The Morgan fingerprint density at radius 2 is 1.93 bits per heavy atom. The van der Waals surface area contributed by atoms with E-state index >= 15 is 0 Å². The molecule has 42 heavy (non-hydrogen) atoms. The molecule has 2 aliphatic rings. The molecule has 2 fully saturated rings. The van der Waals surface area contributed by atoms with Gasteiger partial charge in [0.15, 0.2) is 5.65 Å². The van der Waals surface area contributed by atoms with Crippen molar-refractivity contribution < 1.29 is 14.6 Å². The number of carboxylic acid groups (broad SMARTS) is 1. The average molecular weight is 633 g/mol. The molecule has 14 heteroatoms. The molecule has 0 spiro atoms. The predicted octanol–water partition coefficient (Wildman–Crippen LogP) is 5.29. The van der Waals surface area contributed by atoms with Crippen LogP contribution in [0, 0.1) is 0 Å². The molecule has 4 aromatic rings. The number of fused-ring (bicyclic) bond motifs is 4. The van der Waals surface area contributed by atoms with Crippen LogP contribution in [0.5, 0.6) is 0 Å². The lowest BCUT2D eigenvalue weighted by Crippen LogP contribution is -2.44. The van der Waals surface area contributed by atoms with Gasteiger partial charge in [-0.25, -0.2) is 4.79 Å². The van der Waals surface area contributed by atoms with Gasteiger partial charge in [-0.1, -0.05) is 48.9 Å². The molecular formula is C28H35Cl2N7O4Si. The molecule has 11 nitrogen and oxygen atoms in total. The standard InChI is InChI=1S/C28H35Cl2N7O4Si/c1-34-26(38)21-17(16-7-8-18-22(23(16)29)24(30)35(2)33-18)13-36(14-41-10-11-42(3,4)5)25(21)32-27(34)37-15-6-9-20(37)19(12-15)31-28(39)40/h7-8,13,15,19-20,31H,6,9-12,14H2,1-5H3,(H,39,40)/t15-,19+,20+/m0/s1. The van der Waals surface area contributed by atoms with Crippen molar-refractivity contribution >= 4 is 65.3 Å². The van der Waals surface area contributed by atoms with Gasteiger partial charge < -0.3 is 24.6 Å². The van der Waals surface area contributed by atoms with Crippen LogP contribution < -0.4 is 15.8 Å². The van der Waals surface area contributed by atoms with Gasteiger partial charge in [-0.05, 0) is 31.4 Å². The van der Waals surface area contributed by atoms with Crippen molar-refractivity contribution in [1.82, 2.24) is 29.2 Å². The quantitative estimate of drug-likeness (QED) is 0.200. The first kappa shape index (κ1) is 29.0. The first-order chi connectivity index (χ1) is 19.9. The number of halogens is 2. The summed E-state index contributed by atoms with van der Waals surface area (Å²) in [5.41, 5.74) is 2.24. The van der Waals surface area contributed by atoms with Crippen LogP contribution >= 0.6 is 23.2 Å². The summed E-state index contributed by atoms with van der Waals surface area (Å²) in [6.45, 7) is 7.74. The topological polar surface area (TPSA) is 119 Å². The fourth-order valence-corrected chi connectivity index (χ4v) is 7.80. The maximum Gasteiger partial charge on any atom is 0.404 e. The lowest BCUT2D eigenvalue weighted by molar-refractivity contribution is 0.0899. The first-order valence-electron chi connectivity index (χ1n) is 14.1. The van der Waals surface area contributed by atoms with Gasteiger partial charge in [0.05, 0.1) is 33.4 Å². The molecule has 5 heterocycles. The highest BCUT2D eigenvalue weighted by Crippen LogP contribution is 2.42. The zero-order valence-corrected chi connectivity index (χ0v) is 26.8. The normalized spacial score (nSPS) is 20.4. The van der Waals surface area contributed by atoms with Crippen LogP contribution in [0.25, 0.3) is 33.1 Å². The largest absolute Gasteiger partial charge is 0.465 e. The van der Waals surface area contributed by atoms with Crippen LogP contribution in [0.2, 0.25) is 35.9 Å². The molecule has 6 rings (SSSR count). The Bertz CT molecular complexity index is 1780. The summed E-state index contributed by atoms with van der Waals surface area (Å²) >= 11 is 13.5. The van der Waals surface area contributed by atoms with E-state index in [4.69, 9.17) is 32.9 Å². The van der Waals surface area contributed by atoms with E-state index in [1.54, 1.807) is 23.3 Å². The van der Waals surface area contributed by atoms with Crippen LogP contribution in [0.3, 0.4) is 0 Å². The summed E-state index contributed by atoms with van der Waals surface area (Å²) in [5.74, 6) is 0.527. The molecular weight excluding hydrogens is 597 g/mol. The molecule has 0 aliphatic carbocycles. The van der Waals surface area contributed by atoms with Gasteiger partial charge in [-0.15, -0.1) is 0 Å². The summed E-state index contributed by atoms with van der Waals surface area (Å²) < 4.78 is 11.1. The van der Waals surface area contributed by atoms with E-state index in [2.05, 4.69) is 35.0 Å². The van der Waals surface area contributed by atoms with Crippen molar-refractivity contribution in [2.24, 2.45) is 14.1 Å². The van der Waals surface area contributed by atoms with Gasteiger partial charge in [0.25, 0.3) is 5.56 Å². The van der Waals surface area contributed by atoms with Crippen LogP contribution in [0.4, 0.5) is 10.7 Å². The molecule has 1 amide bonds. The van der Waals surface area contributed by atoms with Crippen LogP contribution in [0.1, 0.15) is 19.3 Å². The number of nitrogens with one attached hydrogen (secondary N) is 1. The highest BCUT2D eigenvalue weighted by atomic mass is 35.5. The summed E-state index contributed by atoms with van der Waals surface area (Å²) in [6.07, 6.45) is 3.27. The Labute approximate surface area is 254 Å². The summed E-state index contributed by atoms with van der Waals surface area (Å²) in [7, 11) is 2.17. The molecule has 3 atom stereocenters. The minimum atomic E-state index is -1.30. The van der Waals surface area contributed by atoms with E-state index in [1.807, 2.05) is 22.9 Å². The zero-order chi connectivity index (χ0) is 30.1. The van der Waals surface area contributed by atoms with E-state index in [9.17, 15) is 14.7 Å². The van der Waals surface area contributed by atoms with Gasteiger partial charge in [-0.3, -0.25) is 14.0 Å². The lowest BCUT2D eigenvalue weighted by atomic mass is 9.96. The van der Waals surface area contributed by atoms with E-state index in [-0.39, 0.29) is 30.4 Å². The zero-order valence-electron chi connectivity index (χ0n) is 24.3. The van der Waals surface area contributed by atoms with E-state index in [0.29, 0.717) is 62.2 Å². The Hall–Kier alpha value is -3.06. The number of anilines is 1. The maximum absolute atomic E-state index is 14.2. The van der Waals surface area contributed by atoms with Crippen molar-refractivity contribution in [2.45, 2.75) is 69.8 Å². The molecule has 2 aliphatic heterocycles. The Balaban J connectivity index is 1.49. The number of aromatic nitrogens is 5. The smallest absolute Gasteiger partial charge is 0.404 e. The number of hydrogen-bond acceptors (Lipinski definition) is 6. The van der Waals surface area contributed by atoms with Crippen molar-refractivity contribution in [1.29, 1.82) is 0 Å². The van der Waals surface area contributed by atoms with Crippen molar-refractivity contribution in [3.05, 3.63) is 38.9 Å². The predicted molar refractivity (Wildman–Crippen MR) is 168 cm³/mol. The molecule has 0 saturated carbocycles. The van der Waals surface area contributed by atoms with Crippen LogP contribution in [0.15, 0.2) is 23.1 Å². The molecule has 3 aromatic heterocycles. The number of rotatable bonds is 8. The number of aryl methyl sites for hydroxylation is 1. The SMILES string of the molecule is Cn1nc2ccc(-c3cn(COCC[Si](C)(C)C)c4nc(N5[C@H]6CC[C@@H]5[C@H](NC(=O)O)C6)n(C)c(=O)c34)c(Cl)c2c1Cl. The number of carbonyl (C=O) groups is 1. The number of benzene rings is 1. The highest BCUT2D eigenvalue weighted by molar-refractivity contribution is 6.76. The third-order valence-electron chi connectivity index (χ3n) is 8.54. The second-order valence-corrected chi connectivity index (χ2v) is 18.9. The third-order valence-corrected chi connectivity index (χ3v) is 11.1. The van der Waals surface area contributed by atoms with E-state index in [1.165, 1.54) is 0 Å². The molecule has 0 radical (unpaired) electrons. The monoisotopic (exact) mass is 631 g/mol. The summed E-state index contributed by atoms with van der Waals surface area (Å²) in [4.78, 5) is 32.8. The van der Waals surface area contributed by atoms with Crippen molar-refractivity contribution in [2.75, 3.05) is 11.5 Å². The van der Waals surface area contributed by atoms with Crippen molar-refractivity contribution in [3.8, 4) is 11.1 Å². The van der Waals surface area contributed by atoms with Gasteiger partial charge >= 0.3 is 6.09 Å². The molecule has 2 N–H and O–H groups in total. The van der Waals surface area contributed by atoms with Gasteiger partial charge in [0.1, 0.15) is 11.9 Å². The van der Waals surface area contributed by atoms with Gasteiger partial charge in [0, 0.05) is 52.1 Å². The lowest BCUT2D eigenvalue weighted by Gasteiger charge is -2.26. The third kappa shape index (κ3) is 4.87. The van der Waals surface area contributed by atoms with Crippen LogP contribution in [-0.4, -0.2) is 67.9 Å². The summed E-state index contributed by atoms with van der Waals surface area (Å²) in [6, 6.07) is 4.53. The number of ether oxygens (including phenoxy) is 1. The second kappa shape index (κ2) is 10.6. The molecule has 1 aromatic carbocycles. The summed E-state index contributed by atoms with van der Waals surface area (Å²) in [5, 5.41) is 18.3. The molecule has 0 unspecified atom stereocenters. The Morgan fingerprint density at radius 3 is 2.64 bits per heavy atom. The fourth-order valence-electron chi connectivity index (χ4n) is 6.41. The fraction of sp³-hybridized carbons (Fsp3) is 0.500. The van der Waals surface area contributed by atoms with E-state index in [0.717, 1.165) is 18.9 Å². The highest BCUT2D eigenvalue weighted by Gasteiger charge is 2.48. The molecule has 2 bridgehead atoms. The van der Waals surface area contributed by atoms with Gasteiger partial charge in [0.2, 0.25) is 5.95 Å². The van der Waals surface area contributed by atoms with Crippen LogP contribution in [-0.2, 0) is 25.6 Å². The molecule has 2 saturated heterocycles. The second-order valence-electron chi connectivity index (χ2n) is 12.6.